The van der Waals surface area contributed by atoms with Crippen LogP contribution in [0.4, 0.5) is 0 Å². The van der Waals surface area contributed by atoms with Gasteiger partial charge in [-0.05, 0) is 42.9 Å². The molecule has 0 heterocycles. The van der Waals surface area contributed by atoms with Gasteiger partial charge in [0.05, 0.1) is 10.6 Å². The summed E-state index contributed by atoms with van der Waals surface area (Å²) in [6, 6.07) is 5.56. The van der Waals surface area contributed by atoms with Crippen molar-refractivity contribution >= 4 is 9.84 Å². The maximum absolute atomic E-state index is 11.9. The van der Waals surface area contributed by atoms with E-state index in [2.05, 4.69) is 0 Å². The molecule has 0 bridgehead atoms. The van der Waals surface area contributed by atoms with Gasteiger partial charge in [-0.15, -0.1) is 0 Å². The lowest BCUT2D eigenvalue weighted by Crippen LogP contribution is -2.14. The predicted molar refractivity (Wildman–Crippen MR) is 68.6 cm³/mol. The minimum absolute atomic E-state index is 0.0126. The Morgan fingerprint density at radius 2 is 2.06 bits per heavy atom. The van der Waals surface area contributed by atoms with Crippen molar-refractivity contribution in [2.45, 2.75) is 37.6 Å². The molecular weight excluding hydrogens is 234 g/mol. The Kier molecular flexibility index (Phi) is 3.27. The maximum Gasteiger partial charge on any atom is 0.178 e. The van der Waals surface area contributed by atoms with Gasteiger partial charge in [-0.3, -0.25) is 0 Å². The molecule has 0 aromatic heterocycles. The summed E-state index contributed by atoms with van der Waals surface area (Å²) in [7, 11) is -3.15. The van der Waals surface area contributed by atoms with Crippen molar-refractivity contribution in [2.24, 2.45) is 11.7 Å². The van der Waals surface area contributed by atoms with E-state index < -0.39 is 9.84 Å². The molecule has 1 atom stereocenters. The molecule has 0 aliphatic heterocycles. The zero-order chi connectivity index (χ0) is 12.6. The van der Waals surface area contributed by atoms with Crippen molar-refractivity contribution in [1.29, 1.82) is 0 Å². The lowest BCUT2D eigenvalue weighted by Gasteiger charge is -2.14. The molecule has 4 heteroatoms. The molecule has 1 unspecified atom stereocenters. The Morgan fingerprint density at radius 3 is 2.59 bits per heavy atom. The highest BCUT2D eigenvalue weighted by molar-refractivity contribution is 7.91. The van der Waals surface area contributed by atoms with Crippen LogP contribution in [0.1, 0.15) is 36.9 Å². The summed E-state index contributed by atoms with van der Waals surface area (Å²) in [5, 5.41) is 0. The summed E-state index contributed by atoms with van der Waals surface area (Å²) in [5.41, 5.74) is 7.86. The first-order valence-corrected chi connectivity index (χ1v) is 7.70. The van der Waals surface area contributed by atoms with Crippen molar-refractivity contribution < 1.29 is 8.42 Å². The molecule has 2 N–H and O–H groups in total. The lowest BCUT2D eigenvalue weighted by molar-refractivity contribution is 0.595. The summed E-state index contributed by atoms with van der Waals surface area (Å²) in [6.07, 6.45) is 2.32. The average molecular weight is 253 g/mol. The van der Waals surface area contributed by atoms with E-state index in [-0.39, 0.29) is 11.8 Å². The monoisotopic (exact) mass is 253 g/mol. The number of hydrogen-bond donors (Lipinski definition) is 1. The zero-order valence-corrected chi connectivity index (χ0v) is 11.1. The smallest absolute Gasteiger partial charge is 0.178 e. The Balaban J connectivity index is 2.42. The second kappa shape index (κ2) is 4.42. The molecule has 2 rings (SSSR count). The third-order valence-electron chi connectivity index (χ3n) is 3.44. The normalized spacial score (nSPS) is 18.1. The summed E-state index contributed by atoms with van der Waals surface area (Å²) < 4.78 is 23.9. The van der Waals surface area contributed by atoms with Gasteiger partial charge in [-0.1, -0.05) is 19.1 Å². The van der Waals surface area contributed by atoms with Gasteiger partial charge in [0.25, 0.3) is 0 Å². The largest absolute Gasteiger partial charge is 0.324 e. The van der Waals surface area contributed by atoms with Crippen LogP contribution in [0.3, 0.4) is 0 Å². The third-order valence-corrected chi connectivity index (χ3v) is 5.31. The van der Waals surface area contributed by atoms with Gasteiger partial charge in [0, 0.05) is 6.04 Å². The molecule has 0 amide bonds. The minimum Gasteiger partial charge on any atom is -0.324 e. The molecule has 0 radical (unpaired) electrons. The fourth-order valence-corrected chi connectivity index (χ4v) is 3.23. The van der Waals surface area contributed by atoms with Crippen LogP contribution in [-0.2, 0) is 9.84 Å². The van der Waals surface area contributed by atoms with Gasteiger partial charge in [-0.25, -0.2) is 8.42 Å². The Labute approximate surface area is 103 Å². The van der Waals surface area contributed by atoms with E-state index in [1.54, 1.807) is 13.0 Å². The number of hydrogen-bond acceptors (Lipinski definition) is 3. The summed E-state index contributed by atoms with van der Waals surface area (Å²) in [4.78, 5) is 0.439. The second-order valence-corrected chi connectivity index (χ2v) is 7.04. The first-order chi connectivity index (χ1) is 7.95. The third kappa shape index (κ3) is 2.53. The van der Waals surface area contributed by atoms with Crippen LogP contribution in [-0.4, -0.2) is 14.2 Å². The fourth-order valence-electron chi connectivity index (χ4n) is 2.04. The molecule has 3 nitrogen and oxygen atoms in total. The number of nitrogens with two attached hydrogens (primary N) is 1. The SMILES string of the molecule is CCS(=O)(=O)c1cc(C(N)C2CC2)ccc1C. The molecule has 1 aliphatic rings. The quantitative estimate of drug-likeness (QED) is 0.895. The molecule has 1 aliphatic carbocycles. The second-order valence-electron chi connectivity index (χ2n) is 4.79. The molecule has 1 aromatic rings. The zero-order valence-electron chi connectivity index (χ0n) is 10.3. The van der Waals surface area contributed by atoms with Gasteiger partial charge >= 0.3 is 0 Å². The molecule has 0 saturated heterocycles. The maximum atomic E-state index is 11.9. The van der Waals surface area contributed by atoms with Crippen LogP contribution in [0.2, 0.25) is 0 Å². The first-order valence-electron chi connectivity index (χ1n) is 6.04. The topological polar surface area (TPSA) is 60.2 Å². The van der Waals surface area contributed by atoms with Crippen LogP contribution in [0.25, 0.3) is 0 Å². The lowest BCUT2D eigenvalue weighted by atomic mass is 10.0. The van der Waals surface area contributed by atoms with E-state index >= 15 is 0 Å². The predicted octanol–water partition coefficient (Wildman–Crippen LogP) is 2.20. The van der Waals surface area contributed by atoms with E-state index in [1.807, 2.05) is 19.1 Å². The van der Waals surface area contributed by atoms with Gasteiger partial charge in [0.2, 0.25) is 0 Å². The van der Waals surface area contributed by atoms with E-state index in [4.69, 9.17) is 5.73 Å². The van der Waals surface area contributed by atoms with Crippen molar-refractivity contribution in [1.82, 2.24) is 0 Å². The fraction of sp³-hybridized carbons (Fsp3) is 0.538. The molecule has 94 valence electrons. The van der Waals surface area contributed by atoms with E-state index in [1.165, 1.54) is 0 Å². The highest BCUT2D eigenvalue weighted by Crippen LogP contribution is 2.40. The minimum atomic E-state index is -3.15. The summed E-state index contributed by atoms with van der Waals surface area (Å²) in [5.74, 6) is 0.672. The highest BCUT2D eigenvalue weighted by Gasteiger charge is 2.30. The number of aryl methyl sites for hydroxylation is 1. The number of rotatable bonds is 4. The van der Waals surface area contributed by atoms with Gasteiger partial charge in [0.15, 0.2) is 9.84 Å². The van der Waals surface area contributed by atoms with Crippen LogP contribution < -0.4 is 5.73 Å². The average Bonchev–Trinajstić information content (AvgIpc) is 3.12. The van der Waals surface area contributed by atoms with Crippen LogP contribution in [0.5, 0.6) is 0 Å². The van der Waals surface area contributed by atoms with Crippen molar-refractivity contribution in [2.75, 3.05) is 5.75 Å². The molecule has 0 spiro atoms. The highest BCUT2D eigenvalue weighted by atomic mass is 32.2. The molecule has 1 fully saturated rings. The Hall–Kier alpha value is -0.870. The van der Waals surface area contributed by atoms with Crippen LogP contribution >= 0.6 is 0 Å². The number of sulfone groups is 1. The van der Waals surface area contributed by atoms with E-state index in [0.717, 1.165) is 24.0 Å². The molecule has 17 heavy (non-hydrogen) atoms. The summed E-state index contributed by atoms with van der Waals surface area (Å²) >= 11 is 0. The molecule has 1 aromatic carbocycles. The Bertz CT molecular complexity index is 518. The molecular formula is C13H19NO2S. The number of benzene rings is 1. The summed E-state index contributed by atoms with van der Waals surface area (Å²) in [6.45, 7) is 3.50. The van der Waals surface area contributed by atoms with Crippen LogP contribution in [0, 0.1) is 12.8 Å². The standard InChI is InChI=1S/C13H19NO2S/c1-3-17(15,16)12-8-11(5-4-9(12)2)13(14)10-6-7-10/h4-5,8,10,13H,3,6-7,14H2,1-2H3. The van der Waals surface area contributed by atoms with Gasteiger partial charge < -0.3 is 5.73 Å². The van der Waals surface area contributed by atoms with Gasteiger partial charge in [-0.2, -0.15) is 0 Å². The van der Waals surface area contributed by atoms with Crippen molar-refractivity contribution in [3.8, 4) is 0 Å². The van der Waals surface area contributed by atoms with Crippen molar-refractivity contribution in [3.05, 3.63) is 29.3 Å². The van der Waals surface area contributed by atoms with Gasteiger partial charge in [0.1, 0.15) is 0 Å². The van der Waals surface area contributed by atoms with Crippen LogP contribution in [0.15, 0.2) is 23.1 Å². The van der Waals surface area contributed by atoms with E-state index in [0.29, 0.717) is 10.8 Å². The first kappa shape index (κ1) is 12.6. The van der Waals surface area contributed by atoms with Crippen molar-refractivity contribution in [3.63, 3.8) is 0 Å². The molecule has 1 saturated carbocycles. The van der Waals surface area contributed by atoms with E-state index in [9.17, 15) is 8.42 Å². The Morgan fingerprint density at radius 1 is 1.41 bits per heavy atom.